The molecule has 1 aliphatic carbocycles. The van der Waals surface area contributed by atoms with Crippen LogP contribution in [0.1, 0.15) is 24.5 Å². The summed E-state index contributed by atoms with van der Waals surface area (Å²) in [5.41, 5.74) is 5.07. The summed E-state index contributed by atoms with van der Waals surface area (Å²) in [5.74, 6) is 0.653. The Balaban J connectivity index is 1.63. The molecular formula is C19H15N3OS. The second kappa shape index (κ2) is 5.18. The largest absolute Gasteiger partial charge is 0.493 e. The smallest absolute Gasteiger partial charge is 0.215 e. The van der Waals surface area contributed by atoms with Crippen molar-refractivity contribution in [3.63, 3.8) is 0 Å². The van der Waals surface area contributed by atoms with Gasteiger partial charge < -0.3 is 5.11 Å². The minimum absolute atomic E-state index is 0.160. The molecule has 1 fully saturated rings. The fourth-order valence-corrected chi connectivity index (χ4v) is 3.91. The SMILES string of the molecule is Oc1cc(C2CC2)nc2c(-c3cc(-c4ccccc4)cs3)cnn12. The lowest BCUT2D eigenvalue weighted by Crippen LogP contribution is -1.95. The van der Waals surface area contributed by atoms with E-state index in [0.29, 0.717) is 5.92 Å². The average Bonchev–Trinajstić information content (AvgIpc) is 3.19. The number of fused-ring (bicyclic) bond motifs is 1. The number of hydrogen-bond acceptors (Lipinski definition) is 4. The zero-order valence-corrected chi connectivity index (χ0v) is 13.7. The molecule has 5 rings (SSSR count). The van der Waals surface area contributed by atoms with E-state index in [4.69, 9.17) is 4.98 Å². The van der Waals surface area contributed by atoms with Gasteiger partial charge in [0, 0.05) is 16.9 Å². The second-order valence-corrected chi connectivity index (χ2v) is 7.08. The van der Waals surface area contributed by atoms with E-state index in [2.05, 4.69) is 28.7 Å². The fraction of sp³-hybridized carbons (Fsp3) is 0.158. The third-order valence-electron chi connectivity index (χ3n) is 4.44. The zero-order valence-electron chi connectivity index (χ0n) is 12.9. The topological polar surface area (TPSA) is 50.4 Å². The highest BCUT2D eigenvalue weighted by Crippen LogP contribution is 2.41. The van der Waals surface area contributed by atoms with Gasteiger partial charge in [-0.05, 0) is 35.4 Å². The van der Waals surface area contributed by atoms with E-state index in [-0.39, 0.29) is 5.88 Å². The third-order valence-corrected chi connectivity index (χ3v) is 5.40. The predicted molar refractivity (Wildman–Crippen MR) is 95.4 cm³/mol. The van der Waals surface area contributed by atoms with Crippen molar-refractivity contribution in [3.05, 3.63) is 59.7 Å². The molecule has 1 N–H and O–H groups in total. The number of aromatic nitrogens is 3. The molecule has 0 radical (unpaired) electrons. The van der Waals surface area contributed by atoms with Gasteiger partial charge in [-0.3, -0.25) is 0 Å². The monoisotopic (exact) mass is 333 g/mol. The van der Waals surface area contributed by atoms with Gasteiger partial charge in [-0.15, -0.1) is 11.3 Å². The maximum Gasteiger partial charge on any atom is 0.215 e. The van der Waals surface area contributed by atoms with Crippen molar-refractivity contribution in [1.82, 2.24) is 14.6 Å². The first kappa shape index (κ1) is 13.7. The molecule has 0 amide bonds. The molecule has 1 aromatic carbocycles. The molecule has 24 heavy (non-hydrogen) atoms. The standard InChI is InChI=1S/C19H15N3OS/c23-18-9-16(13-6-7-13)21-19-15(10-20-22(18)19)17-8-14(11-24-17)12-4-2-1-3-5-12/h1-5,8-11,13,23H,6-7H2. The maximum absolute atomic E-state index is 10.2. The van der Waals surface area contributed by atoms with E-state index in [1.54, 1.807) is 23.6 Å². The van der Waals surface area contributed by atoms with Gasteiger partial charge in [0.1, 0.15) is 0 Å². The molecule has 1 saturated carbocycles. The first-order valence-electron chi connectivity index (χ1n) is 8.01. The molecule has 4 aromatic rings. The summed E-state index contributed by atoms with van der Waals surface area (Å²) in [7, 11) is 0. The van der Waals surface area contributed by atoms with E-state index >= 15 is 0 Å². The van der Waals surface area contributed by atoms with Crippen LogP contribution in [0.25, 0.3) is 27.2 Å². The van der Waals surface area contributed by atoms with E-state index in [9.17, 15) is 5.11 Å². The number of thiophene rings is 1. The summed E-state index contributed by atoms with van der Waals surface area (Å²) in [6, 6.07) is 14.2. The highest BCUT2D eigenvalue weighted by atomic mass is 32.1. The second-order valence-electron chi connectivity index (χ2n) is 6.17. The number of benzene rings is 1. The van der Waals surface area contributed by atoms with E-state index in [0.717, 1.165) is 34.6 Å². The first-order valence-corrected chi connectivity index (χ1v) is 8.89. The van der Waals surface area contributed by atoms with Crippen LogP contribution in [0.4, 0.5) is 0 Å². The van der Waals surface area contributed by atoms with Gasteiger partial charge in [0.25, 0.3) is 0 Å². The number of nitrogens with zero attached hydrogens (tertiary/aromatic N) is 3. The van der Waals surface area contributed by atoms with Crippen LogP contribution in [0.5, 0.6) is 5.88 Å². The summed E-state index contributed by atoms with van der Waals surface area (Å²) in [5, 5.41) is 16.7. The van der Waals surface area contributed by atoms with Crippen LogP contribution in [-0.4, -0.2) is 19.7 Å². The number of rotatable bonds is 3. The van der Waals surface area contributed by atoms with Crippen molar-refractivity contribution >= 4 is 17.0 Å². The van der Waals surface area contributed by atoms with Crippen LogP contribution in [0.2, 0.25) is 0 Å². The van der Waals surface area contributed by atoms with Crippen molar-refractivity contribution in [3.8, 4) is 27.4 Å². The minimum atomic E-state index is 0.160. The number of aromatic hydroxyl groups is 1. The Labute approximate surface area is 143 Å². The summed E-state index contributed by atoms with van der Waals surface area (Å²) < 4.78 is 1.52. The molecule has 0 saturated heterocycles. The molecule has 0 spiro atoms. The van der Waals surface area contributed by atoms with E-state index in [1.165, 1.54) is 15.6 Å². The molecule has 5 heteroatoms. The third kappa shape index (κ3) is 2.20. The number of hydrogen-bond donors (Lipinski definition) is 1. The summed E-state index contributed by atoms with van der Waals surface area (Å²) in [6.45, 7) is 0. The van der Waals surface area contributed by atoms with Crippen molar-refractivity contribution in [2.24, 2.45) is 0 Å². The van der Waals surface area contributed by atoms with Crippen LogP contribution in [-0.2, 0) is 0 Å². The van der Waals surface area contributed by atoms with Crippen LogP contribution in [0.3, 0.4) is 0 Å². The Bertz CT molecular complexity index is 1030. The normalized spacial score (nSPS) is 14.3. The van der Waals surface area contributed by atoms with Gasteiger partial charge in [0.15, 0.2) is 5.65 Å². The molecule has 3 aromatic heterocycles. The summed E-state index contributed by atoms with van der Waals surface area (Å²) in [4.78, 5) is 5.88. The quantitative estimate of drug-likeness (QED) is 0.591. The van der Waals surface area contributed by atoms with Gasteiger partial charge in [0.05, 0.1) is 17.5 Å². The van der Waals surface area contributed by atoms with Gasteiger partial charge in [-0.2, -0.15) is 9.61 Å². The Morgan fingerprint density at radius 1 is 1.08 bits per heavy atom. The minimum Gasteiger partial charge on any atom is -0.493 e. The Kier molecular flexibility index (Phi) is 2.97. The van der Waals surface area contributed by atoms with E-state index in [1.807, 2.05) is 18.2 Å². The molecular weight excluding hydrogens is 318 g/mol. The Morgan fingerprint density at radius 3 is 2.71 bits per heavy atom. The highest BCUT2D eigenvalue weighted by molar-refractivity contribution is 7.14. The molecule has 0 bridgehead atoms. The Hall–Kier alpha value is -2.66. The van der Waals surface area contributed by atoms with Crippen molar-refractivity contribution in [1.29, 1.82) is 0 Å². The van der Waals surface area contributed by atoms with Crippen molar-refractivity contribution < 1.29 is 5.11 Å². The van der Waals surface area contributed by atoms with Crippen molar-refractivity contribution in [2.75, 3.05) is 0 Å². The molecule has 1 aliphatic rings. The van der Waals surface area contributed by atoms with Gasteiger partial charge in [-0.25, -0.2) is 4.98 Å². The fourth-order valence-electron chi connectivity index (χ4n) is 2.99. The lowest BCUT2D eigenvalue weighted by Gasteiger charge is -2.03. The lowest BCUT2D eigenvalue weighted by molar-refractivity contribution is 0.434. The molecule has 118 valence electrons. The van der Waals surface area contributed by atoms with Gasteiger partial charge in [0.2, 0.25) is 5.88 Å². The summed E-state index contributed by atoms with van der Waals surface area (Å²) >= 11 is 1.68. The zero-order chi connectivity index (χ0) is 16.1. The maximum atomic E-state index is 10.2. The van der Waals surface area contributed by atoms with Crippen LogP contribution in [0.15, 0.2) is 54.0 Å². The summed E-state index contributed by atoms with van der Waals surface area (Å²) in [6.07, 6.45) is 4.10. The van der Waals surface area contributed by atoms with Crippen LogP contribution < -0.4 is 0 Å². The highest BCUT2D eigenvalue weighted by Gasteiger charge is 2.27. The molecule has 3 heterocycles. The first-order chi connectivity index (χ1) is 11.8. The molecule has 4 nitrogen and oxygen atoms in total. The van der Waals surface area contributed by atoms with E-state index < -0.39 is 0 Å². The average molecular weight is 333 g/mol. The Morgan fingerprint density at radius 2 is 1.92 bits per heavy atom. The molecule has 0 unspecified atom stereocenters. The molecule has 0 atom stereocenters. The van der Waals surface area contributed by atoms with Crippen LogP contribution in [0, 0.1) is 0 Å². The van der Waals surface area contributed by atoms with Crippen LogP contribution >= 0.6 is 11.3 Å². The lowest BCUT2D eigenvalue weighted by atomic mass is 10.1. The molecule has 0 aliphatic heterocycles. The van der Waals surface area contributed by atoms with Crippen molar-refractivity contribution in [2.45, 2.75) is 18.8 Å². The predicted octanol–water partition coefficient (Wildman–Crippen LogP) is 4.71. The van der Waals surface area contributed by atoms with Gasteiger partial charge in [-0.1, -0.05) is 30.3 Å². The van der Waals surface area contributed by atoms with Gasteiger partial charge >= 0.3 is 0 Å².